The highest BCUT2D eigenvalue weighted by Gasteiger charge is 2.17. The number of hydrogen-bond acceptors (Lipinski definition) is 1. The Morgan fingerprint density at radius 2 is 1.56 bits per heavy atom. The van der Waals surface area contributed by atoms with Gasteiger partial charge in [-0.3, -0.25) is 0 Å². The Labute approximate surface area is 101 Å². The minimum Gasteiger partial charge on any atom is -0.508 e. The molecule has 0 fully saturated rings. The van der Waals surface area contributed by atoms with E-state index in [1.807, 2.05) is 19.1 Å². The summed E-state index contributed by atoms with van der Waals surface area (Å²) in [6.07, 6.45) is 2.64. The van der Waals surface area contributed by atoms with E-state index in [2.05, 4.69) is 34.6 Å². The maximum absolute atomic E-state index is 9.63. The first-order valence-electron chi connectivity index (χ1n) is 6.13. The van der Waals surface area contributed by atoms with Crippen LogP contribution in [0.3, 0.4) is 0 Å². The average Bonchev–Trinajstić information content (AvgIpc) is 2.16. The SMILES string of the molecule is CCCC.Cc1ccc(C(C)(C)C)c(O)c1. The molecular weight excluding hydrogens is 196 g/mol. The third kappa shape index (κ3) is 5.20. The van der Waals surface area contributed by atoms with Gasteiger partial charge in [-0.05, 0) is 29.5 Å². The van der Waals surface area contributed by atoms with Crippen molar-refractivity contribution < 1.29 is 5.11 Å². The molecule has 0 unspecified atom stereocenters. The van der Waals surface area contributed by atoms with Crippen LogP contribution in [-0.2, 0) is 5.41 Å². The van der Waals surface area contributed by atoms with Crippen LogP contribution in [0.5, 0.6) is 5.75 Å². The molecule has 1 N–H and O–H groups in total. The standard InChI is InChI=1S/C11H16O.C4H10/c1-8-5-6-9(10(12)7-8)11(2,3)4;1-3-4-2/h5-7,12H,1-4H3;3-4H2,1-2H3. The molecule has 0 saturated heterocycles. The van der Waals surface area contributed by atoms with Gasteiger partial charge in [-0.15, -0.1) is 0 Å². The molecule has 0 aliphatic carbocycles. The molecule has 1 heteroatoms. The number of hydrogen-bond donors (Lipinski definition) is 1. The third-order valence-electron chi connectivity index (χ3n) is 2.46. The first-order valence-corrected chi connectivity index (χ1v) is 6.13. The first-order chi connectivity index (χ1) is 7.32. The second-order valence-corrected chi connectivity index (χ2v) is 5.27. The van der Waals surface area contributed by atoms with Gasteiger partial charge in [0, 0.05) is 0 Å². The summed E-state index contributed by atoms with van der Waals surface area (Å²) in [5.74, 6) is 0.405. The molecule has 0 aliphatic rings. The summed E-state index contributed by atoms with van der Waals surface area (Å²) in [5, 5.41) is 9.63. The van der Waals surface area contributed by atoms with Gasteiger partial charge in [-0.2, -0.15) is 0 Å². The molecule has 0 heterocycles. The van der Waals surface area contributed by atoms with Gasteiger partial charge in [0.25, 0.3) is 0 Å². The van der Waals surface area contributed by atoms with Gasteiger partial charge in [-0.1, -0.05) is 59.6 Å². The molecule has 0 aromatic heterocycles. The van der Waals surface area contributed by atoms with Gasteiger partial charge >= 0.3 is 0 Å². The zero-order valence-electron chi connectivity index (χ0n) is 11.6. The van der Waals surface area contributed by atoms with Crippen molar-refractivity contribution in [3.8, 4) is 5.75 Å². The summed E-state index contributed by atoms with van der Waals surface area (Å²) in [6.45, 7) is 12.6. The number of unbranched alkanes of at least 4 members (excludes halogenated alkanes) is 1. The van der Waals surface area contributed by atoms with Crippen LogP contribution < -0.4 is 0 Å². The van der Waals surface area contributed by atoms with Crippen LogP contribution in [0.2, 0.25) is 0 Å². The lowest BCUT2D eigenvalue weighted by molar-refractivity contribution is 0.446. The van der Waals surface area contributed by atoms with Crippen molar-refractivity contribution in [2.45, 2.75) is 59.8 Å². The second-order valence-electron chi connectivity index (χ2n) is 5.27. The fraction of sp³-hybridized carbons (Fsp3) is 0.600. The molecule has 0 bridgehead atoms. The summed E-state index contributed by atoms with van der Waals surface area (Å²) in [5.41, 5.74) is 2.13. The maximum Gasteiger partial charge on any atom is 0.119 e. The minimum absolute atomic E-state index is 0.0256. The van der Waals surface area contributed by atoms with Gasteiger partial charge in [-0.25, -0.2) is 0 Å². The summed E-state index contributed by atoms with van der Waals surface area (Å²) in [6, 6.07) is 5.82. The van der Waals surface area contributed by atoms with Gasteiger partial charge in [0.1, 0.15) is 5.75 Å². The molecule has 0 spiro atoms. The Kier molecular flexibility index (Phi) is 6.17. The Bertz CT molecular complexity index is 306. The lowest BCUT2D eigenvalue weighted by Crippen LogP contribution is -2.11. The van der Waals surface area contributed by atoms with Crippen molar-refractivity contribution in [2.24, 2.45) is 0 Å². The highest BCUT2D eigenvalue weighted by molar-refractivity contribution is 5.39. The fourth-order valence-electron chi connectivity index (χ4n) is 1.28. The van der Waals surface area contributed by atoms with E-state index in [1.54, 1.807) is 6.07 Å². The van der Waals surface area contributed by atoms with E-state index in [0.29, 0.717) is 5.75 Å². The van der Waals surface area contributed by atoms with Crippen LogP contribution in [0.1, 0.15) is 58.6 Å². The molecule has 16 heavy (non-hydrogen) atoms. The topological polar surface area (TPSA) is 20.2 Å². The van der Waals surface area contributed by atoms with Crippen LogP contribution in [-0.4, -0.2) is 5.11 Å². The van der Waals surface area contributed by atoms with Crippen molar-refractivity contribution in [1.82, 2.24) is 0 Å². The van der Waals surface area contributed by atoms with Gasteiger partial charge in [0.05, 0.1) is 0 Å². The van der Waals surface area contributed by atoms with Crippen LogP contribution in [0, 0.1) is 6.92 Å². The third-order valence-corrected chi connectivity index (χ3v) is 2.46. The molecule has 92 valence electrons. The van der Waals surface area contributed by atoms with E-state index in [0.717, 1.165) is 11.1 Å². The lowest BCUT2D eigenvalue weighted by Gasteiger charge is -2.20. The van der Waals surface area contributed by atoms with E-state index in [1.165, 1.54) is 12.8 Å². The molecule has 0 saturated carbocycles. The summed E-state index contributed by atoms with van der Waals surface area (Å²) in [4.78, 5) is 0. The van der Waals surface area contributed by atoms with Gasteiger partial charge in [0.2, 0.25) is 0 Å². The largest absolute Gasteiger partial charge is 0.508 e. The van der Waals surface area contributed by atoms with Crippen molar-refractivity contribution in [1.29, 1.82) is 0 Å². The number of phenols is 1. The molecule has 0 radical (unpaired) electrons. The molecule has 0 amide bonds. The number of phenolic OH excluding ortho intramolecular Hbond substituents is 1. The molecule has 1 aromatic rings. The predicted octanol–water partition coefficient (Wildman–Crippen LogP) is 4.80. The number of rotatable bonds is 1. The number of aryl methyl sites for hydroxylation is 1. The zero-order chi connectivity index (χ0) is 12.8. The Morgan fingerprint density at radius 1 is 1.06 bits per heavy atom. The summed E-state index contributed by atoms with van der Waals surface area (Å²) < 4.78 is 0. The summed E-state index contributed by atoms with van der Waals surface area (Å²) in [7, 11) is 0. The van der Waals surface area contributed by atoms with E-state index in [-0.39, 0.29) is 5.41 Å². The van der Waals surface area contributed by atoms with Crippen LogP contribution in [0.15, 0.2) is 18.2 Å². The van der Waals surface area contributed by atoms with Crippen LogP contribution >= 0.6 is 0 Å². The fourth-order valence-corrected chi connectivity index (χ4v) is 1.28. The minimum atomic E-state index is 0.0256. The first kappa shape index (κ1) is 15.0. The van der Waals surface area contributed by atoms with Crippen LogP contribution in [0.4, 0.5) is 0 Å². The summed E-state index contributed by atoms with van der Waals surface area (Å²) >= 11 is 0. The predicted molar refractivity (Wildman–Crippen MR) is 72.1 cm³/mol. The molecule has 1 nitrogen and oxygen atoms in total. The highest BCUT2D eigenvalue weighted by Crippen LogP contribution is 2.30. The molecule has 1 aromatic carbocycles. The molecular formula is C15H26O. The van der Waals surface area contributed by atoms with E-state index < -0.39 is 0 Å². The molecule has 1 rings (SSSR count). The van der Waals surface area contributed by atoms with Gasteiger partial charge < -0.3 is 5.11 Å². The number of benzene rings is 1. The van der Waals surface area contributed by atoms with Gasteiger partial charge in [0.15, 0.2) is 0 Å². The highest BCUT2D eigenvalue weighted by atomic mass is 16.3. The van der Waals surface area contributed by atoms with Crippen LogP contribution in [0.25, 0.3) is 0 Å². The molecule has 0 atom stereocenters. The monoisotopic (exact) mass is 222 g/mol. The van der Waals surface area contributed by atoms with E-state index in [9.17, 15) is 5.11 Å². The smallest absolute Gasteiger partial charge is 0.119 e. The Hall–Kier alpha value is -0.980. The number of aromatic hydroxyl groups is 1. The van der Waals surface area contributed by atoms with E-state index >= 15 is 0 Å². The quantitative estimate of drug-likeness (QED) is 0.723. The Balaban J connectivity index is 0.000000487. The van der Waals surface area contributed by atoms with Crippen molar-refractivity contribution >= 4 is 0 Å². The van der Waals surface area contributed by atoms with Crippen molar-refractivity contribution in [3.63, 3.8) is 0 Å². The normalized spacial score (nSPS) is 10.6. The Morgan fingerprint density at radius 3 is 1.88 bits per heavy atom. The molecule has 0 aliphatic heterocycles. The lowest BCUT2D eigenvalue weighted by atomic mass is 9.86. The van der Waals surface area contributed by atoms with E-state index in [4.69, 9.17) is 0 Å². The van der Waals surface area contributed by atoms with Crippen molar-refractivity contribution in [2.75, 3.05) is 0 Å². The maximum atomic E-state index is 9.63. The zero-order valence-corrected chi connectivity index (χ0v) is 11.6. The average molecular weight is 222 g/mol. The second kappa shape index (κ2) is 6.57. The van der Waals surface area contributed by atoms with Crippen molar-refractivity contribution in [3.05, 3.63) is 29.3 Å².